The van der Waals surface area contributed by atoms with E-state index in [9.17, 15) is 23.2 Å². The molecule has 0 atom stereocenters. The fourth-order valence-corrected chi connectivity index (χ4v) is 8.15. The summed E-state index contributed by atoms with van der Waals surface area (Å²) in [6.45, 7) is 9.55. The van der Waals surface area contributed by atoms with Gasteiger partial charge in [0.05, 0.1) is 23.7 Å². The molecule has 4 fully saturated rings. The molecule has 272 valence electrons. The van der Waals surface area contributed by atoms with Gasteiger partial charge in [-0.2, -0.15) is 28.5 Å². The van der Waals surface area contributed by atoms with Crippen LogP contribution in [0.15, 0.2) is 37.1 Å². The van der Waals surface area contributed by atoms with Crippen LogP contribution in [0, 0.1) is 29.6 Å². The molecule has 3 aliphatic heterocycles. The summed E-state index contributed by atoms with van der Waals surface area (Å²) in [5.74, 6) is 1.32. The highest BCUT2D eigenvalue weighted by Crippen LogP contribution is 2.53. The number of ether oxygens (including phenoxy) is 1. The number of piperidine rings is 1. The molecule has 2 aromatic carbocycles. The van der Waals surface area contributed by atoms with Crippen LogP contribution in [0.25, 0.3) is 32.9 Å². The average Bonchev–Trinajstić information content (AvgIpc) is 3.83. The second-order valence-corrected chi connectivity index (χ2v) is 15.1. The Bertz CT molecular complexity index is 2080. The third-order valence-electron chi connectivity index (χ3n) is 11.3. The highest BCUT2D eigenvalue weighted by Gasteiger charge is 2.46. The Morgan fingerprint density at radius 1 is 1.17 bits per heavy atom. The summed E-state index contributed by atoms with van der Waals surface area (Å²) in [7, 11) is 1.89. The highest BCUT2D eigenvalue weighted by molar-refractivity contribution is 6.06. The maximum atomic E-state index is 14.0. The first-order valence-corrected chi connectivity index (χ1v) is 18.0. The molecule has 14 heteroatoms. The van der Waals surface area contributed by atoms with Crippen molar-refractivity contribution in [2.45, 2.75) is 44.7 Å². The number of amides is 1. The maximum Gasteiger partial charge on any atom is 0.422 e. The van der Waals surface area contributed by atoms with Gasteiger partial charge >= 0.3 is 6.18 Å². The number of hydrogen-bond acceptors (Lipinski definition) is 9. The second kappa shape index (κ2) is 12.9. The quantitative estimate of drug-likeness (QED) is 0.204. The first kappa shape index (κ1) is 34.2. The van der Waals surface area contributed by atoms with Crippen molar-refractivity contribution in [3.8, 4) is 22.9 Å². The van der Waals surface area contributed by atoms with Gasteiger partial charge in [0.25, 0.3) is 0 Å². The number of carbonyl (C=O) groups excluding carboxylic acids is 1. The summed E-state index contributed by atoms with van der Waals surface area (Å²) < 4.78 is 48.1. The number of aryl methyl sites for hydroxylation is 1. The van der Waals surface area contributed by atoms with E-state index >= 15 is 0 Å². The number of anilines is 2. The maximum absolute atomic E-state index is 14.0. The SMILES string of the molecule is C=CC(=O)N1CC2(CCN(c3nc(N(C)CCN4CC(C#N)C4)nc4c(OCC(F)(F)F)c(-c5c(C)ccc6[nH]ncc56)c(C5CC5)cc34)CC2)C1. The number of alkyl halides is 3. The Balaban J connectivity index is 1.26. The van der Waals surface area contributed by atoms with Crippen molar-refractivity contribution >= 4 is 39.5 Å². The number of benzene rings is 2. The Hall–Kier alpha value is -4.90. The molecule has 1 N–H and O–H groups in total. The van der Waals surface area contributed by atoms with Crippen LogP contribution in [-0.2, 0) is 4.79 Å². The fourth-order valence-electron chi connectivity index (χ4n) is 8.15. The molecule has 0 unspecified atom stereocenters. The number of nitriles is 1. The molecule has 1 aliphatic carbocycles. The standard InChI is InChI=1S/C38H42F3N9O2/c1-4-30(51)50-20-37(21-50)9-11-49(12-10-37)35-27-15-26(25-6-7-25)32(31-23(2)5-8-29-28(31)17-43-46-29)34(52-22-38(39,40)41)33(27)44-36(45-35)47(3)13-14-48-18-24(16-42)19-48/h4-5,8,15,17,24-25H,1,6-7,9-14,18-22H2,2-3H3,(H,43,46). The van der Waals surface area contributed by atoms with Crippen LogP contribution in [0.4, 0.5) is 24.9 Å². The molecule has 4 aromatic rings. The van der Waals surface area contributed by atoms with E-state index in [1.807, 2.05) is 35.9 Å². The molecule has 1 spiro atoms. The Labute approximate surface area is 300 Å². The first-order chi connectivity index (χ1) is 25.0. The third kappa shape index (κ3) is 6.29. The summed E-state index contributed by atoms with van der Waals surface area (Å²) in [6, 6.07) is 8.29. The van der Waals surface area contributed by atoms with Gasteiger partial charge in [-0.05, 0) is 73.4 Å². The Morgan fingerprint density at radius 3 is 2.60 bits per heavy atom. The van der Waals surface area contributed by atoms with Crippen molar-refractivity contribution in [2.24, 2.45) is 11.3 Å². The molecular weight excluding hydrogens is 671 g/mol. The first-order valence-electron chi connectivity index (χ1n) is 18.0. The molecule has 4 aliphatic rings. The highest BCUT2D eigenvalue weighted by atomic mass is 19.4. The normalized spacial score (nSPS) is 19.1. The van der Waals surface area contributed by atoms with Crippen LogP contribution >= 0.6 is 0 Å². The largest absolute Gasteiger partial charge is 0.481 e. The van der Waals surface area contributed by atoms with Gasteiger partial charge in [0.2, 0.25) is 11.9 Å². The second-order valence-electron chi connectivity index (χ2n) is 15.1. The molecule has 52 heavy (non-hydrogen) atoms. The molecule has 0 bridgehead atoms. The lowest BCUT2D eigenvalue weighted by Crippen LogP contribution is -2.61. The Morgan fingerprint density at radius 2 is 1.92 bits per heavy atom. The van der Waals surface area contributed by atoms with Gasteiger partial charge in [-0.15, -0.1) is 0 Å². The molecule has 5 heterocycles. The smallest absolute Gasteiger partial charge is 0.422 e. The van der Waals surface area contributed by atoms with Crippen molar-refractivity contribution in [2.75, 3.05) is 75.8 Å². The summed E-state index contributed by atoms with van der Waals surface area (Å²) in [6.07, 6.45) is 2.05. The fraction of sp³-hybridized carbons (Fsp3) is 0.500. The minimum atomic E-state index is -4.57. The predicted molar refractivity (Wildman–Crippen MR) is 192 cm³/mol. The van der Waals surface area contributed by atoms with Crippen molar-refractivity contribution in [1.82, 2.24) is 30.0 Å². The molecule has 1 saturated carbocycles. The van der Waals surface area contributed by atoms with E-state index in [-0.39, 0.29) is 28.9 Å². The van der Waals surface area contributed by atoms with Crippen molar-refractivity contribution < 1.29 is 22.7 Å². The number of nitrogens with zero attached hydrogens (tertiary/aromatic N) is 8. The zero-order chi connectivity index (χ0) is 36.4. The number of rotatable bonds is 10. The predicted octanol–water partition coefficient (Wildman–Crippen LogP) is 5.81. The molecule has 1 amide bonds. The summed E-state index contributed by atoms with van der Waals surface area (Å²) in [4.78, 5) is 30.6. The number of likely N-dealkylation sites (N-methyl/N-ethyl adjacent to an activating group) is 1. The lowest BCUT2D eigenvalue weighted by molar-refractivity contribution is -0.153. The van der Waals surface area contributed by atoms with E-state index in [1.165, 1.54) is 6.08 Å². The van der Waals surface area contributed by atoms with Crippen LogP contribution in [0.3, 0.4) is 0 Å². The average molecular weight is 714 g/mol. The van der Waals surface area contributed by atoms with Crippen LogP contribution in [0.1, 0.15) is 42.7 Å². The summed E-state index contributed by atoms with van der Waals surface area (Å²) >= 11 is 0. The monoisotopic (exact) mass is 713 g/mol. The van der Waals surface area contributed by atoms with Crippen LogP contribution < -0.4 is 14.5 Å². The van der Waals surface area contributed by atoms with E-state index < -0.39 is 12.8 Å². The zero-order valence-corrected chi connectivity index (χ0v) is 29.5. The van der Waals surface area contributed by atoms with Crippen molar-refractivity contribution in [1.29, 1.82) is 5.26 Å². The van der Waals surface area contributed by atoms with Gasteiger partial charge in [0.15, 0.2) is 12.4 Å². The van der Waals surface area contributed by atoms with Crippen molar-refractivity contribution in [3.05, 3.63) is 48.2 Å². The topological polar surface area (TPSA) is 118 Å². The number of H-pyrrole nitrogens is 1. The number of halogens is 3. The van der Waals surface area contributed by atoms with E-state index in [4.69, 9.17) is 14.7 Å². The van der Waals surface area contributed by atoms with E-state index in [0.717, 1.165) is 53.3 Å². The molecule has 3 saturated heterocycles. The lowest BCUT2D eigenvalue weighted by atomic mass is 9.72. The van der Waals surface area contributed by atoms with Gasteiger partial charge < -0.3 is 19.4 Å². The van der Waals surface area contributed by atoms with E-state index in [1.54, 1.807) is 6.20 Å². The minimum absolute atomic E-state index is 0.0319. The number of nitrogens with one attached hydrogen (secondary N) is 1. The summed E-state index contributed by atoms with van der Waals surface area (Å²) in [5, 5.41) is 18.0. The minimum Gasteiger partial charge on any atom is -0.481 e. The molecule has 8 rings (SSSR count). The van der Waals surface area contributed by atoms with E-state index in [2.05, 4.69) is 38.7 Å². The summed E-state index contributed by atoms with van der Waals surface area (Å²) in [5.41, 5.74) is 4.40. The number of hydrogen-bond donors (Lipinski definition) is 1. The van der Waals surface area contributed by atoms with Crippen LogP contribution in [0.5, 0.6) is 5.75 Å². The molecule has 2 aromatic heterocycles. The van der Waals surface area contributed by atoms with E-state index in [0.29, 0.717) is 80.6 Å². The van der Waals surface area contributed by atoms with Gasteiger partial charge in [-0.25, -0.2) is 4.98 Å². The van der Waals surface area contributed by atoms with Crippen molar-refractivity contribution in [3.63, 3.8) is 0 Å². The number of aromatic nitrogens is 4. The Kier molecular flexibility index (Phi) is 8.52. The molecular formula is C38H42F3N9O2. The third-order valence-corrected chi connectivity index (χ3v) is 11.3. The van der Waals surface area contributed by atoms with Gasteiger partial charge in [-0.3, -0.25) is 14.8 Å². The lowest BCUT2D eigenvalue weighted by Gasteiger charge is -2.54. The van der Waals surface area contributed by atoms with Gasteiger partial charge in [0, 0.05) is 81.2 Å². The van der Waals surface area contributed by atoms with Crippen LogP contribution in [0.2, 0.25) is 0 Å². The number of likely N-dealkylation sites (tertiary alicyclic amines) is 2. The number of aromatic amines is 1. The number of carbonyl (C=O) groups is 1. The van der Waals surface area contributed by atoms with Crippen LogP contribution in [-0.4, -0.2) is 108 Å². The van der Waals surface area contributed by atoms with Gasteiger partial charge in [0.1, 0.15) is 11.3 Å². The zero-order valence-electron chi connectivity index (χ0n) is 29.5. The molecule has 11 nitrogen and oxygen atoms in total. The number of fused-ring (bicyclic) bond motifs is 2. The molecule has 0 radical (unpaired) electrons. The van der Waals surface area contributed by atoms with Gasteiger partial charge in [-0.1, -0.05) is 12.6 Å².